The Bertz CT molecular complexity index is 1160. The number of carboxylic acids is 1. The molecule has 0 aromatic carbocycles. The molecule has 13 unspecified atom stereocenters. The summed E-state index contributed by atoms with van der Waals surface area (Å²) in [6, 6.07) is 0. The zero-order valence-corrected chi connectivity index (χ0v) is 31.3. The third-order valence-electron chi connectivity index (χ3n) is 17.4. The highest BCUT2D eigenvalue weighted by molar-refractivity contribution is 5.76. The number of aliphatic hydroxyl groups excluding tert-OH is 1. The summed E-state index contributed by atoms with van der Waals surface area (Å²) in [7, 11) is 0. The fourth-order valence-corrected chi connectivity index (χ4v) is 14.7. The second-order valence-electron chi connectivity index (χ2n) is 20.2. The average molecular weight is 655 g/mol. The Morgan fingerprint density at radius 1 is 0.872 bits per heavy atom. The van der Waals surface area contributed by atoms with Crippen LogP contribution in [0.5, 0.6) is 0 Å². The zero-order valence-electron chi connectivity index (χ0n) is 31.3. The highest BCUT2D eigenvalue weighted by atomic mass is 16.5. The van der Waals surface area contributed by atoms with Crippen molar-refractivity contribution in [3.05, 3.63) is 0 Å². The van der Waals surface area contributed by atoms with Crippen molar-refractivity contribution in [2.75, 3.05) is 6.61 Å². The smallest absolute Gasteiger partial charge is 0.309 e. The molecule has 6 aliphatic carbocycles. The number of aliphatic carboxylic acids is 1. The number of carboxylic acid groups (broad SMARTS) is 1. The van der Waals surface area contributed by atoms with Gasteiger partial charge in [0.05, 0.1) is 36.4 Å². The molecule has 0 radical (unpaired) electrons. The predicted molar refractivity (Wildman–Crippen MR) is 187 cm³/mol. The van der Waals surface area contributed by atoms with Crippen LogP contribution in [-0.2, 0) is 14.3 Å². The zero-order chi connectivity index (χ0) is 33.7. The normalized spacial score (nSPS) is 51.4. The van der Waals surface area contributed by atoms with E-state index in [2.05, 4.69) is 48.5 Å². The first-order chi connectivity index (χ1) is 22.1. The lowest BCUT2D eigenvalue weighted by Gasteiger charge is -2.69. The van der Waals surface area contributed by atoms with Gasteiger partial charge in [-0.25, -0.2) is 0 Å². The number of hydrogen-bond acceptors (Lipinski definition) is 4. The lowest BCUT2D eigenvalue weighted by molar-refractivity contribution is -0.226. The quantitative estimate of drug-likeness (QED) is 0.273. The lowest BCUT2D eigenvalue weighted by Crippen LogP contribution is -2.64. The van der Waals surface area contributed by atoms with Gasteiger partial charge in [-0.15, -0.1) is 0 Å². The summed E-state index contributed by atoms with van der Waals surface area (Å²) in [5.41, 5.74) is 0.335. The molecular weight excluding hydrogens is 584 g/mol. The SMILES string of the molecule is CC(C)C1CCC2(C(=O)O)CCC3C(CCC4C3(C)CCC3C(C)(C)C(OCC(CC5O[C@@H](C)[C@@H](O)CC5C)C5CC5)CCC34C)C12. The van der Waals surface area contributed by atoms with Gasteiger partial charge in [0, 0.05) is 0 Å². The third-order valence-corrected chi connectivity index (χ3v) is 17.4. The van der Waals surface area contributed by atoms with E-state index >= 15 is 0 Å². The van der Waals surface area contributed by atoms with Crippen molar-refractivity contribution in [2.24, 2.45) is 80.8 Å². The Balaban J connectivity index is 1.05. The van der Waals surface area contributed by atoms with E-state index in [0.29, 0.717) is 64.3 Å². The maximum Gasteiger partial charge on any atom is 0.309 e. The minimum absolute atomic E-state index is 0.0675. The molecule has 0 aromatic rings. The van der Waals surface area contributed by atoms with Crippen LogP contribution >= 0.6 is 0 Å². The summed E-state index contributed by atoms with van der Waals surface area (Å²) in [5, 5.41) is 21.0. The molecule has 0 aromatic heterocycles. The van der Waals surface area contributed by atoms with E-state index in [4.69, 9.17) is 9.47 Å². The number of rotatable bonds is 8. The van der Waals surface area contributed by atoms with E-state index in [1.807, 2.05) is 6.92 Å². The van der Waals surface area contributed by atoms with Gasteiger partial charge in [0.25, 0.3) is 0 Å². The summed E-state index contributed by atoms with van der Waals surface area (Å²) >= 11 is 0. The fourth-order valence-electron chi connectivity index (χ4n) is 14.7. The van der Waals surface area contributed by atoms with Gasteiger partial charge in [-0.3, -0.25) is 4.79 Å². The molecule has 0 spiro atoms. The third kappa shape index (κ3) is 5.51. The molecule has 1 heterocycles. The van der Waals surface area contributed by atoms with Crippen molar-refractivity contribution in [3.8, 4) is 0 Å². The van der Waals surface area contributed by atoms with Gasteiger partial charge in [-0.05, 0) is 172 Å². The lowest BCUT2D eigenvalue weighted by atomic mass is 9.36. The minimum atomic E-state index is -0.481. The Kier molecular flexibility index (Phi) is 9.06. The molecule has 1 saturated heterocycles. The second kappa shape index (κ2) is 12.2. The van der Waals surface area contributed by atoms with Crippen molar-refractivity contribution in [2.45, 2.75) is 170 Å². The van der Waals surface area contributed by atoms with Crippen LogP contribution in [0.15, 0.2) is 0 Å². The van der Waals surface area contributed by atoms with Crippen LogP contribution in [-0.4, -0.2) is 47.2 Å². The first-order valence-corrected chi connectivity index (χ1v) is 20.3. The van der Waals surface area contributed by atoms with Crippen molar-refractivity contribution in [3.63, 3.8) is 0 Å². The van der Waals surface area contributed by atoms with Crippen molar-refractivity contribution >= 4 is 5.97 Å². The van der Waals surface area contributed by atoms with E-state index in [0.717, 1.165) is 63.4 Å². The van der Waals surface area contributed by atoms with E-state index < -0.39 is 11.4 Å². The number of hydrogen-bond donors (Lipinski definition) is 2. The summed E-state index contributed by atoms with van der Waals surface area (Å²) in [6.07, 6.45) is 16.4. The molecule has 7 rings (SSSR count). The van der Waals surface area contributed by atoms with E-state index in [1.54, 1.807) is 0 Å². The molecule has 0 bridgehead atoms. The Hall–Kier alpha value is -0.650. The summed E-state index contributed by atoms with van der Waals surface area (Å²) < 4.78 is 13.4. The molecule has 6 saturated carbocycles. The molecule has 15 atom stereocenters. The fraction of sp³-hybridized carbons (Fsp3) is 0.976. The Morgan fingerprint density at radius 2 is 1.57 bits per heavy atom. The monoisotopic (exact) mass is 655 g/mol. The summed E-state index contributed by atoms with van der Waals surface area (Å²) in [4.78, 5) is 13.0. The van der Waals surface area contributed by atoms with Crippen LogP contribution in [0, 0.1) is 80.8 Å². The molecule has 47 heavy (non-hydrogen) atoms. The van der Waals surface area contributed by atoms with Crippen LogP contribution in [0.25, 0.3) is 0 Å². The molecule has 5 nitrogen and oxygen atoms in total. The molecule has 268 valence electrons. The van der Waals surface area contributed by atoms with Gasteiger partial charge in [-0.1, -0.05) is 48.5 Å². The van der Waals surface area contributed by atoms with Gasteiger partial charge in [-0.2, -0.15) is 0 Å². The van der Waals surface area contributed by atoms with Gasteiger partial charge in [0.15, 0.2) is 0 Å². The van der Waals surface area contributed by atoms with Crippen LogP contribution in [0.3, 0.4) is 0 Å². The molecule has 1 aliphatic heterocycles. The highest BCUT2D eigenvalue weighted by Crippen LogP contribution is 2.74. The largest absolute Gasteiger partial charge is 0.481 e. The second-order valence-corrected chi connectivity index (χ2v) is 20.2. The predicted octanol–water partition coefficient (Wildman–Crippen LogP) is 9.39. The average Bonchev–Trinajstić information content (AvgIpc) is 3.76. The van der Waals surface area contributed by atoms with E-state index in [1.165, 1.54) is 44.9 Å². The molecule has 5 heteroatoms. The number of ether oxygens (including phenoxy) is 2. The van der Waals surface area contributed by atoms with E-state index in [-0.39, 0.29) is 23.7 Å². The summed E-state index contributed by atoms with van der Waals surface area (Å²) in [6.45, 7) is 20.3. The Morgan fingerprint density at radius 3 is 2.26 bits per heavy atom. The molecule has 7 aliphatic rings. The highest BCUT2D eigenvalue weighted by Gasteiger charge is 2.68. The van der Waals surface area contributed by atoms with Gasteiger partial charge in [0.2, 0.25) is 0 Å². The molecule has 2 N–H and O–H groups in total. The van der Waals surface area contributed by atoms with Crippen molar-refractivity contribution in [1.29, 1.82) is 0 Å². The van der Waals surface area contributed by atoms with Crippen molar-refractivity contribution < 1.29 is 24.5 Å². The standard InChI is InChI=1S/C42H70O5/c1-24(2)29-13-19-42(38(44)45)20-14-31-30(37(29)42)11-12-35-40(31,7)17-15-34-39(5,6)36(16-18-41(34,35)8)46-23-28(27-9-10-27)22-33-25(3)21-32(43)26(4)47-33/h24-37,43H,9-23H2,1-8H3,(H,44,45)/t25?,26-,28?,29?,30?,31?,32-,33?,34?,35?,36?,37?,40?,41?,42?/m0/s1. The molecule has 7 fully saturated rings. The topological polar surface area (TPSA) is 76.0 Å². The first-order valence-electron chi connectivity index (χ1n) is 20.3. The number of carbonyl (C=O) groups is 1. The van der Waals surface area contributed by atoms with Crippen molar-refractivity contribution in [1.82, 2.24) is 0 Å². The van der Waals surface area contributed by atoms with Crippen LogP contribution in [0.2, 0.25) is 0 Å². The number of aliphatic hydroxyl groups is 1. The van der Waals surface area contributed by atoms with Gasteiger partial charge >= 0.3 is 5.97 Å². The molecular formula is C42H70O5. The van der Waals surface area contributed by atoms with Gasteiger partial charge in [0.1, 0.15) is 0 Å². The summed E-state index contributed by atoms with van der Waals surface area (Å²) in [5.74, 6) is 5.44. The minimum Gasteiger partial charge on any atom is -0.481 e. The maximum absolute atomic E-state index is 13.0. The number of fused-ring (bicyclic) bond motifs is 7. The molecule has 0 amide bonds. The van der Waals surface area contributed by atoms with Gasteiger partial charge < -0.3 is 19.7 Å². The van der Waals surface area contributed by atoms with Crippen LogP contribution < -0.4 is 0 Å². The first kappa shape index (κ1) is 34.8. The van der Waals surface area contributed by atoms with E-state index in [9.17, 15) is 15.0 Å². The van der Waals surface area contributed by atoms with Crippen LogP contribution in [0.1, 0.15) is 145 Å². The maximum atomic E-state index is 13.0. The Labute approximate surface area is 287 Å². The van der Waals surface area contributed by atoms with Crippen LogP contribution in [0.4, 0.5) is 0 Å².